The van der Waals surface area contributed by atoms with Crippen LogP contribution in [-0.2, 0) is 16.1 Å². The van der Waals surface area contributed by atoms with Gasteiger partial charge in [0.1, 0.15) is 17.1 Å². The second kappa shape index (κ2) is 5.75. The molecular weight excluding hydrogens is 286 g/mol. The van der Waals surface area contributed by atoms with E-state index >= 15 is 0 Å². The van der Waals surface area contributed by atoms with Crippen molar-refractivity contribution in [2.45, 2.75) is 58.2 Å². The predicted octanol–water partition coefficient (Wildman–Crippen LogP) is 1.86. The number of hydrogen-bond donors (Lipinski definition) is 1. The number of piperazine rings is 1. The van der Waals surface area contributed by atoms with Crippen LogP contribution in [0.3, 0.4) is 0 Å². The Balaban J connectivity index is 1.83. The standard InChI is InChI=1S/C15H21N3O2S/c1-3-4-11-15(20)18(7-12-16-9(2)8-21-12)13(10-5-6-10)14(19)17-11/h8,10-11,13H,3-7H2,1-2H3,(H,17,19). The molecular formula is C15H21N3O2S. The van der Waals surface area contributed by atoms with Gasteiger partial charge in [-0.05, 0) is 32.1 Å². The van der Waals surface area contributed by atoms with Crippen LogP contribution >= 0.6 is 11.3 Å². The molecule has 1 N–H and O–H groups in total. The normalized spacial score (nSPS) is 26.1. The van der Waals surface area contributed by atoms with Crippen molar-refractivity contribution in [1.82, 2.24) is 15.2 Å². The van der Waals surface area contributed by atoms with Crippen LogP contribution < -0.4 is 5.32 Å². The Bertz CT molecular complexity index is 553. The Morgan fingerprint density at radius 2 is 2.19 bits per heavy atom. The summed E-state index contributed by atoms with van der Waals surface area (Å²) in [7, 11) is 0. The summed E-state index contributed by atoms with van der Waals surface area (Å²) in [5.74, 6) is 0.405. The number of aromatic nitrogens is 1. The third-order valence-electron chi connectivity index (χ3n) is 4.12. The molecule has 2 aliphatic rings. The molecule has 2 unspecified atom stereocenters. The van der Waals surface area contributed by atoms with Gasteiger partial charge in [-0.25, -0.2) is 4.98 Å². The molecule has 3 rings (SSSR count). The molecule has 0 bridgehead atoms. The van der Waals surface area contributed by atoms with Gasteiger partial charge in [0, 0.05) is 11.1 Å². The molecule has 1 saturated heterocycles. The lowest BCUT2D eigenvalue weighted by Gasteiger charge is -2.38. The number of carbonyl (C=O) groups is 2. The van der Waals surface area contributed by atoms with Gasteiger partial charge >= 0.3 is 0 Å². The van der Waals surface area contributed by atoms with Gasteiger partial charge in [0.05, 0.1) is 6.54 Å². The molecule has 6 heteroatoms. The Labute approximate surface area is 128 Å². The first kappa shape index (κ1) is 14.5. The lowest BCUT2D eigenvalue weighted by molar-refractivity contribution is -0.151. The maximum absolute atomic E-state index is 12.7. The summed E-state index contributed by atoms with van der Waals surface area (Å²) in [5, 5.41) is 5.81. The molecule has 1 aromatic rings. The molecule has 1 aliphatic carbocycles. The molecule has 1 aromatic heterocycles. The minimum atomic E-state index is -0.362. The number of nitrogens with zero attached hydrogens (tertiary/aromatic N) is 2. The van der Waals surface area contributed by atoms with Crippen molar-refractivity contribution >= 4 is 23.2 Å². The fourth-order valence-electron chi connectivity index (χ4n) is 2.96. The molecule has 114 valence electrons. The SMILES string of the molecule is CCCC1NC(=O)C(C2CC2)N(Cc2nc(C)cs2)C1=O. The second-order valence-electron chi connectivity index (χ2n) is 5.98. The quantitative estimate of drug-likeness (QED) is 0.903. The molecule has 5 nitrogen and oxygen atoms in total. The fourth-order valence-corrected chi connectivity index (χ4v) is 3.73. The van der Waals surface area contributed by atoms with Crippen molar-refractivity contribution in [3.8, 4) is 0 Å². The van der Waals surface area contributed by atoms with E-state index in [0.29, 0.717) is 18.9 Å². The molecule has 2 heterocycles. The van der Waals surface area contributed by atoms with Gasteiger partial charge in [-0.2, -0.15) is 0 Å². The second-order valence-corrected chi connectivity index (χ2v) is 6.92. The third-order valence-corrected chi connectivity index (χ3v) is 5.07. The van der Waals surface area contributed by atoms with Gasteiger partial charge in [0.2, 0.25) is 11.8 Å². The molecule has 2 atom stereocenters. The van der Waals surface area contributed by atoms with Crippen LogP contribution in [0.5, 0.6) is 0 Å². The van der Waals surface area contributed by atoms with Crippen LogP contribution in [0.15, 0.2) is 5.38 Å². The van der Waals surface area contributed by atoms with Gasteiger partial charge < -0.3 is 10.2 Å². The van der Waals surface area contributed by atoms with Crippen molar-refractivity contribution in [3.05, 3.63) is 16.1 Å². The average molecular weight is 307 g/mol. The maximum atomic E-state index is 12.7. The van der Waals surface area contributed by atoms with Crippen molar-refractivity contribution < 1.29 is 9.59 Å². The summed E-state index contributed by atoms with van der Waals surface area (Å²) >= 11 is 1.56. The van der Waals surface area contributed by atoms with E-state index in [1.165, 1.54) is 0 Å². The third kappa shape index (κ3) is 2.95. The maximum Gasteiger partial charge on any atom is 0.246 e. The highest BCUT2D eigenvalue weighted by Gasteiger charge is 2.47. The van der Waals surface area contributed by atoms with Gasteiger partial charge in [-0.3, -0.25) is 9.59 Å². The summed E-state index contributed by atoms with van der Waals surface area (Å²) < 4.78 is 0. The summed E-state index contributed by atoms with van der Waals surface area (Å²) in [5.41, 5.74) is 0.969. The summed E-state index contributed by atoms with van der Waals surface area (Å²) in [6.07, 6.45) is 3.67. The Morgan fingerprint density at radius 3 is 2.76 bits per heavy atom. The Kier molecular flexibility index (Phi) is 3.97. The van der Waals surface area contributed by atoms with Crippen LogP contribution in [0.1, 0.15) is 43.3 Å². The van der Waals surface area contributed by atoms with Crippen LogP contribution in [0, 0.1) is 12.8 Å². The van der Waals surface area contributed by atoms with Crippen molar-refractivity contribution in [2.24, 2.45) is 5.92 Å². The number of thiazole rings is 1. The molecule has 0 spiro atoms. The molecule has 21 heavy (non-hydrogen) atoms. The lowest BCUT2D eigenvalue weighted by Crippen LogP contribution is -2.63. The largest absolute Gasteiger partial charge is 0.342 e. The van der Waals surface area contributed by atoms with Gasteiger partial charge in [0.25, 0.3) is 0 Å². The van der Waals surface area contributed by atoms with E-state index in [9.17, 15) is 9.59 Å². The highest BCUT2D eigenvalue weighted by Crippen LogP contribution is 2.38. The first-order valence-electron chi connectivity index (χ1n) is 7.62. The number of aryl methyl sites for hydroxylation is 1. The molecule has 2 amide bonds. The monoisotopic (exact) mass is 307 g/mol. The fraction of sp³-hybridized carbons (Fsp3) is 0.667. The van der Waals surface area contributed by atoms with Crippen LogP contribution in [0.2, 0.25) is 0 Å². The molecule has 0 radical (unpaired) electrons. The van der Waals surface area contributed by atoms with Crippen molar-refractivity contribution in [1.29, 1.82) is 0 Å². The summed E-state index contributed by atoms with van der Waals surface area (Å²) in [4.78, 5) is 31.3. The lowest BCUT2D eigenvalue weighted by atomic mass is 10.0. The van der Waals surface area contributed by atoms with Gasteiger partial charge in [-0.1, -0.05) is 13.3 Å². The number of carbonyl (C=O) groups excluding carboxylic acids is 2. The minimum absolute atomic E-state index is 0.0174. The van der Waals surface area contributed by atoms with E-state index in [4.69, 9.17) is 0 Å². The topological polar surface area (TPSA) is 62.3 Å². The number of rotatable bonds is 5. The first-order chi connectivity index (χ1) is 10.1. The Morgan fingerprint density at radius 1 is 1.43 bits per heavy atom. The van der Waals surface area contributed by atoms with E-state index in [2.05, 4.69) is 10.3 Å². The van der Waals surface area contributed by atoms with E-state index in [1.807, 2.05) is 19.2 Å². The highest BCUT2D eigenvalue weighted by molar-refractivity contribution is 7.09. The number of hydrogen-bond acceptors (Lipinski definition) is 4. The van der Waals surface area contributed by atoms with E-state index in [-0.39, 0.29) is 23.9 Å². The van der Waals surface area contributed by atoms with Crippen LogP contribution in [0.25, 0.3) is 0 Å². The zero-order valence-corrected chi connectivity index (χ0v) is 13.3. The van der Waals surface area contributed by atoms with E-state index in [1.54, 1.807) is 16.2 Å². The van der Waals surface area contributed by atoms with Crippen LogP contribution in [-0.4, -0.2) is 33.8 Å². The minimum Gasteiger partial charge on any atom is -0.342 e. The zero-order valence-electron chi connectivity index (χ0n) is 12.5. The first-order valence-corrected chi connectivity index (χ1v) is 8.50. The summed E-state index contributed by atoms with van der Waals surface area (Å²) in [6, 6.07) is -0.659. The summed E-state index contributed by atoms with van der Waals surface area (Å²) in [6.45, 7) is 4.44. The van der Waals surface area contributed by atoms with Gasteiger partial charge in [-0.15, -0.1) is 11.3 Å². The van der Waals surface area contributed by atoms with Gasteiger partial charge in [0.15, 0.2) is 0 Å². The predicted molar refractivity (Wildman–Crippen MR) is 80.8 cm³/mol. The smallest absolute Gasteiger partial charge is 0.246 e. The molecule has 2 fully saturated rings. The molecule has 1 aliphatic heterocycles. The van der Waals surface area contributed by atoms with E-state index in [0.717, 1.165) is 30.0 Å². The zero-order chi connectivity index (χ0) is 15.0. The molecule has 0 aromatic carbocycles. The molecule has 1 saturated carbocycles. The Hall–Kier alpha value is -1.43. The van der Waals surface area contributed by atoms with Crippen molar-refractivity contribution in [3.63, 3.8) is 0 Å². The number of amides is 2. The van der Waals surface area contributed by atoms with Crippen LogP contribution in [0.4, 0.5) is 0 Å². The van der Waals surface area contributed by atoms with Crippen molar-refractivity contribution in [2.75, 3.05) is 0 Å². The highest BCUT2D eigenvalue weighted by atomic mass is 32.1. The average Bonchev–Trinajstić information content (AvgIpc) is 3.18. The number of nitrogens with one attached hydrogen (secondary N) is 1. The van der Waals surface area contributed by atoms with E-state index < -0.39 is 0 Å².